The molecule has 1 fully saturated rings. The van der Waals surface area contributed by atoms with E-state index in [0.29, 0.717) is 11.4 Å². The number of para-hydroxylation sites is 1. The van der Waals surface area contributed by atoms with Crippen LogP contribution >= 0.6 is 0 Å². The molecule has 1 aliphatic heterocycles. The minimum atomic E-state index is -0.750. The van der Waals surface area contributed by atoms with Gasteiger partial charge in [-0.3, -0.25) is 9.59 Å². The van der Waals surface area contributed by atoms with E-state index in [1.165, 1.54) is 4.90 Å². The summed E-state index contributed by atoms with van der Waals surface area (Å²) in [6.45, 7) is 1.95. The number of nitrogens with zero attached hydrogens (tertiary/aromatic N) is 1. The summed E-state index contributed by atoms with van der Waals surface area (Å²) in [6, 6.07) is 16.4. The second-order valence-corrected chi connectivity index (χ2v) is 5.03. The van der Waals surface area contributed by atoms with E-state index in [1.54, 1.807) is 30.3 Å². The Kier molecular flexibility index (Phi) is 3.44. The monoisotopic (exact) mass is 281 g/mol. The Bertz CT molecular complexity index is 681. The Morgan fingerprint density at radius 2 is 1.81 bits per heavy atom. The zero-order valence-electron chi connectivity index (χ0n) is 11.7. The van der Waals surface area contributed by atoms with Crippen LogP contribution in [0.3, 0.4) is 0 Å². The van der Waals surface area contributed by atoms with E-state index < -0.39 is 6.10 Å². The van der Waals surface area contributed by atoms with E-state index in [2.05, 4.69) is 0 Å². The van der Waals surface area contributed by atoms with Gasteiger partial charge in [-0.2, -0.15) is 0 Å². The van der Waals surface area contributed by atoms with Crippen LogP contribution in [-0.4, -0.2) is 17.9 Å². The molecule has 3 rings (SSSR count). The fraction of sp³-hybridized carbons (Fsp3) is 0.176. The van der Waals surface area contributed by atoms with Gasteiger partial charge in [0.2, 0.25) is 5.91 Å². The van der Waals surface area contributed by atoms with Crippen molar-refractivity contribution in [2.75, 3.05) is 4.90 Å². The maximum absolute atomic E-state index is 12.4. The van der Waals surface area contributed by atoms with E-state index in [9.17, 15) is 9.59 Å². The third kappa shape index (κ3) is 2.65. The molecule has 4 heteroatoms. The number of aryl methyl sites for hydroxylation is 1. The number of benzene rings is 2. The summed E-state index contributed by atoms with van der Waals surface area (Å²) >= 11 is 0. The average molecular weight is 281 g/mol. The van der Waals surface area contributed by atoms with E-state index in [4.69, 9.17) is 4.74 Å². The Morgan fingerprint density at radius 3 is 2.52 bits per heavy atom. The summed E-state index contributed by atoms with van der Waals surface area (Å²) in [5.74, 6) is 0.0626. The predicted octanol–water partition coefficient (Wildman–Crippen LogP) is 2.71. The van der Waals surface area contributed by atoms with Crippen LogP contribution in [0, 0.1) is 6.92 Å². The first-order valence-corrected chi connectivity index (χ1v) is 6.80. The summed E-state index contributed by atoms with van der Waals surface area (Å²) in [5.41, 5.74) is 1.63. The van der Waals surface area contributed by atoms with Gasteiger partial charge in [0.05, 0.1) is 12.1 Å². The lowest BCUT2D eigenvalue weighted by Crippen LogP contribution is -2.33. The summed E-state index contributed by atoms with van der Waals surface area (Å²) in [4.78, 5) is 25.7. The minimum absolute atomic E-state index is 0.0711. The van der Waals surface area contributed by atoms with Crippen molar-refractivity contribution >= 4 is 17.5 Å². The topological polar surface area (TPSA) is 46.6 Å². The molecule has 1 atom stereocenters. The van der Waals surface area contributed by atoms with E-state index in [1.807, 2.05) is 31.2 Å². The van der Waals surface area contributed by atoms with Crippen molar-refractivity contribution in [1.29, 1.82) is 0 Å². The molecule has 0 saturated carbocycles. The highest BCUT2D eigenvalue weighted by atomic mass is 16.5. The Morgan fingerprint density at radius 1 is 1.05 bits per heavy atom. The average Bonchev–Trinajstić information content (AvgIpc) is 2.74. The van der Waals surface area contributed by atoms with Crippen molar-refractivity contribution in [1.82, 2.24) is 0 Å². The SMILES string of the molecule is Cc1cccc(OC2CC(=O)N(c3ccccc3)C2=O)c1. The normalized spacial score (nSPS) is 18.1. The van der Waals surface area contributed by atoms with E-state index >= 15 is 0 Å². The first-order valence-electron chi connectivity index (χ1n) is 6.80. The highest BCUT2D eigenvalue weighted by molar-refractivity contribution is 6.22. The summed E-state index contributed by atoms with van der Waals surface area (Å²) in [5, 5.41) is 0. The van der Waals surface area contributed by atoms with Crippen molar-refractivity contribution in [2.24, 2.45) is 0 Å². The standard InChI is InChI=1S/C17H15NO3/c1-12-6-5-9-14(10-12)21-15-11-16(19)18(17(15)20)13-7-3-2-4-8-13/h2-10,15H,11H2,1H3. The Labute approximate surface area is 123 Å². The summed E-state index contributed by atoms with van der Waals surface area (Å²) in [7, 11) is 0. The second kappa shape index (κ2) is 5.40. The predicted molar refractivity (Wildman–Crippen MR) is 79.1 cm³/mol. The lowest BCUT2D eigenvalue weighted by molar-refractivity contribution is -0.123. The van der Waals surface area contributed by atoms with Crippen molar-refractivity contribution in [3.8, 4) is 5.75 Å². The quantitative estimate of drug-likeness (QED) is 0.813. The van der Waals surface area contributed by atoms with Gasteiger partial charge in [-0.25, -0.2) is 4.90 Å². The molecule has 2 aromatic carbocycles. The lowest BCUT2D eigenvalue weighted by atomic mass is 10.2. The van der Waals surface area contributed by atoms with Crippen LogP contribution in [0.4, 0.5) is 5.69 Å². The largest absolute Gasteiger partial charge is 0.480 e. The van der Waals surface area contributed by atoms with Crippen molar-refractivity contribution in [2.45, 2.75) is 19.4 Å². The van der Waals surface area contributed by atoms with Crippen molar-refractivity contribution in [3.05, 3.63) is 60.2 Å². The second-order valence-electron chi connectivity index (χ2n) is 5.03. The highest BCUT2D eigenvalue weighted by Crippen LogP contribution is 2.25. The van der Waals surface area contributed by atoms with Crippen LogP contribution in [0.5, 0.6) is 5.75 Å². The molecule has 1 aliphatic rings. The van der Waals surface area contributed by atoms with Crippen LogP contribution in [0.15, 0.2) is 54.6 Å². The number of anilines is 1. The molecule has 1 saturated heterocycles. The number of carbonyl (C=O) groups is 2. The van der Waals surface area contributed by atoms with Gasteiger partial charge in [-0.05, 0) is 36.8 Å². The third-order valence-electron chi connectivity index (χ3n) is 3.39. The molecule has 0 spiro atoms. The Balaban J connectivity index is 1.81. The molecule has 1 unspecified atom stereocenters. The maximum atomic E-state index is 12.4. The minimum Gasteiger partial charge on any atom is -0.480 e. The highest BCUT2D eigenvalue weighted by Gasteiger charge is 2.41. The molecule has 0 bridgehead atoms. The molecule has 1 heterocycles. The number of imide groups is 1. The van der Waals surface area contributed by atoms with E-state index in [-0.39, 0.29) is 18.2 Å². The van der Waals surface area contributed by atoms with Crippen LogP contribution in [0.25, 0.3) is 0 Å². The van der Waals surface area contributed by atoms with Gasteiger partial charge >= 0.3 is 0 Å². The number of rotatable bonds is 3. The zero-order valence-corrected chi connectivity index (χ0v) is 11.7. The molecular formula is C17H15NO3. The summed E-state index contributed by atoms with van der Waals surface area (Å²) < 4.78 is 5.68. The lowest BCUT2D eigenvalue weighted by Gasteiger charge is -2.15. The fourth-order valence-corrected chi connectivity index (χ4v) is 2.40. The third-order valence-corrected chi connectivity index (χ3v) is 3.39. The van der Waals surface area contributed by atoms with Crippen molar-refractivity contribution < 1.29 is 14.3 Å². The molecule has 4 nitrogen and oxygen atoms in total. The number of hydrogen-bond acceptors (Lipinski definition) is 3. The van der Waals surface area contributed by atoms with Gasteiger partial charge < -0.3 is 4.74 Å². The van der Waals surface area contributed by atoms with Crippen LogP contribution in [-0.2, 0) is 9.59 Å². The molecule has 106 valence electrons. The molecule has 0 aromatic heterocycles. The van der Waals surface area contributed by atoms with Gasteiger partial charge in [-0.1, -0.05) is 30.3 Å². The molecule has 0 radical (unpaired) electrons. The molecule has 0 N–H and O–H groups in total. The van der Waals surface area contributed by atoms with Gasteiger partial charge in [0, 0.05) is 0 Å². The smallest absolute Gasteiger partial charge is 0.275 e. The number of carbonyl (C=O) groups excluding carboxylic acids is 2. The first-order chi connectivity index (χ1) is 10.1. The first kappa shape index (κ1) is 13.4. The van der Waals surface area contributed by atoms with E-state index in [0.717, 1.165) is 5.56 Å². The molecular weight excluding hydrogens is 266 g/mol. The van der Waals surface area contributed by atoms with Gasteiger partial charge in [-0.15, -0.1) is 0 Å². The molecule has 21 heavy (non-hydrogen) atoms. The van der Waals surface area contributed by atoms with Crippen LogP contribution in [0.2, 0.25) is 0 Å². The Hall–Kier alpha value is -2.62. The molecule has 0 aliphatic carbocycles. The molecule has 2 aromatic rings. The zero-order chi connectivity index (χ0) is 14.8. The number of hydrogen-bond donors (Lipinski definition) is 0. The maximum Gasteiger partial charge on any atom is 0.275 e. The van der Waals surface area contributed by atoms with Crippen LogP contribution < -0.4 is 9.64 Å². The molecule has 2 amide bonds. The van der Waals surface area contributed by atoms with Gasteiger partial charge in [0.1, 0.15) is 5.75 Å². The van der Waals surface area contributed by atoms with Crippen molar-refractivity contribution in [3.63, 3.8) is 0 Å². The number of ether oxygens (including phenoxy) is 1. The fourth-order valence-electron chi connectivity index (χ4n) is 2.40. The van der Waals surface area contributed by atoms with Crippen LogP contribution in [0.1, 0.15) is 12.0 Å². The van der Waals surface area contributed by atoms with Gasteiger partial charge in [0.25, 0.3) is 5.91 Å². The summed E-state index contributed by atoms with van der Waals surface area (Å²) in [6.07, 6.45) is -0.679. The number of amides is 2. The van der Waals surface area contributed by atoms with Gasteiger partial charge in [0.15, 0.2) is 6.10 Å².